The van der Waals surface area contributed by atoms with E-state index < -0.39 is 23.7 Å². The fourth-order valence-electron chi connectivity index (χ4n) is 3.15. The molecule has 0 fully saturated rings. The largest absolute Gasteiger partial charge is 0.465 e. The Morgan fingerprint density at radius 3 is 2.23 bits per heavy atom. The topological polar surface area (TPSA) is 72.9 Å². The molecule has 0 N–H and O–H groups in total. The molecular formula is C22H17ClFNO5. The number of rotatable bonds is 4. The number of amides is 1. The van der Waals surface area contributed by atoms with E-state index in [4.69, 9.17) is 16.3 Å². The summed E-state index contributed by atoms with van der Waals surface area (Å²) in [7, 11) is 2.45. The first-order valence-electron chi connectivity index (χ1n) is 8.78. The summed E-state index contributed by atoms with van der Waals surface area (Å²) in [5, 5.41) is 0.0954. The zero-order valence-corrected chi connectivity index (χ0v) is 17.1. The van der Waals surface area contributed by atoms with E-state index in [1.54, 1.807) is 19.1 Å². The van der Waals surface area contributed by atoms with Gasteiger partial charge in [0.2, 0.25) is 0 Å². The van der Waals surface area contributed by atoms with Crippen molar-refractivity contribution in [3.8, 4) is 0 Å². The standard InChI is InChI=1S/C22H17ClFNO5/c1-12-19(22(28)30-3)16(11-15-17(23)5-4-6-18(15)24)20(26)25(12)14-9-7-13(8-10-14)21(27)29-2/h4-11H,1-3H3/b16-11-. The van der Waals surface area contributed by atoms with Crippen molar-refractivity contribution in [1.82, 2.24) is 0 Å². The van der Waals surface area contributed by atoms with Gasteiger partial charge in [-0.25, -0.2) is 14.0 Å². The number of hydrogen-bond donors (Lipinski definition) is 0. The van der Waals surface area contributed by atoms with Crippen LogP contribution in [0.1, 0.15) is 22.8 Å². The molecule has 2 aromatic rings. The van der Waals surface area contributed by atoms with Crippen LogP contribution in [0.3, 0.4) is 0 Å². The van der Waals surface area contributed by atoms with E-state index in [9.17, 15) is 18.8 Å². The molecule has 0 aliphatic carbocycles. The molecule has 0 bridgehead atoms. The lowest BCUT2D eigenvalue weighted by Crippen LogP contribution is -2.24. The van der Waals surface area contributed by atoms with Crippen molar-refractivity contribution in [1.29, 1.82) is 0 Å². The van der Waals surface area contributed by atoms with Gasteiger partial charge in [-0.1, -0.05) is 17.7 Å². The van der Waals surface area contributed by atoms with Gasteiger partial charge in [0.15, 0.2) is 0 Å². The summed E-state index contributed by atoms with van der Waals surface area (Å²) in [6.45, 7) is 1.57. The van der Waals surface area contributed by atoms with Crippen LogP contribution in [-0.2, 0) is 19.1 Å². The van der Waals surface area contributed by atoms with Gasteiger partial charge in [-0.3, -0.25) is 9.69 Å². The van der Waals surface area contributed by atoms with E-state index in [2.05, 4.69) is 4.74 Å². The number of hydrogen-bond acceptors (Lipinski definition) is 5. The zero-order chi connectivity index (χ0) is 22.0. The molecule has 0 saturated carbocycles. The van der Waals surface area contributed by atoms with Gasteiger partial charge in [-0.05, 0) is 49.4 Å². The zero-order valence-electron chi connectivity index (χ0n) is 16.4. The second-order valence-corrected chi connectivity index (χ2v) is 6.73. The maximum absolute atomic E-state index is 14.3. The van der Waals surface area contributed by atoms with Crippen molar-refractivity contribution in [3.05, 3.63) is 81.3 Å². The average molecular weight is 430 g/mol. The third kappa shape index (κ3) is 3.71. The molecule has 1 aliphatic heterocycles. The number of carbonyl (C=O) groups excluding carboxylic acids is 3. The van der Waals surface area contributed by atoms with Crippen molar-refractivity contribution in [2.45, 2.75) is 6.92 Å². The van der Waals surface area contributed by atoms with Crippen LogP contribution < -0.4 is 4.90 Å². The summed E-state index contributed by atoms with van der Waals surface area (Å²) >= 11 is 6.08. The Hall–Kier alpha value is -3.45. The lowest BCUT2D eigenvalue weighted by molar-refractivity contribution is -0.136. The molecule has 2 aromatic carbocycles. The van der Waals surface area contributed by atoms with Crippen LogP contribution in [0.5, 0.6) is 0 Å². The predicted octanol–water partition coefficient (Wildman–Crippen LogP) is 4.14. The fraction of sp³-hybridized carbons (Fsp3) is 0.136. The first-order valence-corrected chi connectivity index (χ1v) is 9.16. The van der Waals surface area contributed by atoms with Gasteiger partial charge in [0, 0.05) is 16.9 Å². The monoisotopic (exact) mass is 429 g/mol. The maximum atomic E-state index is 14.3. The molecule has 0 radical (unpaired) electrons. The van der Waals surface area contributed by atoms with E-state index in [0.717, 1.165) is 0 Å². The SMILES string of the molecule is COC(=O)C1=C(C)N(c2ccc(C(=O)OC)cc2)C(=O)/C1=C\c1c(F)cccc1Cl. The maximum Gasteiger partial charge on any atom is 0.340 e. The third-order valence-corrected chi connectivity index (χ3v) is 4.95. The number of carbonyl (C=O) groups is 3. The lowest BCUT2D eigenvalue weighted by atomic mass is 10.0. The van der Waals surface area contributed by atoms with Crippen molar-refractivity contribution in [3.63, 3.8) is 0 Å². The van der Waals surface area contributed by atoms with Crippen LogP contribution in [0.2, 0.25) is 5.02 Å². The number of anilines is 1. The molecule has 0 unspecified atom stereocenters. The molecule has 0 aromatic heterocycles. The summed E-state index contributed by atoms with van der Waals surface area (Å²) in [6.07, 6.45) is 1.23. The van der Waals surface area contributed by atoms with Crippen LogP contribution >= 0.6 is 11.6 Å². The van der Waals surface area contributed by atoms with Gasteiger partial charge < -0.3 is 9.47 Å². The van der Waals surface area contributed by atoms with Crippen molar-refractivity contribution in [2.75, 3.05) is 19.1 Å². The van der Waals surface area contributed by atoms with E-state index in [0.29, 0.717) is 16.9 Å². The second kappa shape index (κ2) is 8.51. The van der Waals surface area contributed by atoms with E-state index in [1.165, 1.54) is 55.5 Å². The van der Waals surface area contributed by atoms with Crippen molar-refractivity contribution >= 4 is 41.2 Å². The van der Waals surface area contributed by atoms with Gasteiger partial charge >= 0.3 is 11.9 Å². The summed E-state index contributed by atoms with van der Waals surface area (Å²) in [5.74, 6) is -2.46. The molecule has 1 aliphatic rings. The van der Waals surface area contributed by atoms with Gasteiger partial charge in [0.25, 0.3) is 5.91 Å². The molecule has 0 saturated heterocycles. The molecule has 8 heteroatoms. The quantitative estimate of drug-likeness (QED) is 0.539. The van der Waals surface area contributed by atoms with Gasteiger partial charge in [0.05, 0.1) is 36.0 Å². The highest BCUT2D eigenvalue weighted by Crippen LogP contribution is 2.36. The number of benzene rings is 2. The van der Waals surface area contributed by atoms with Crippen molar-refractivity contribution < 1.29 is 28.2 Å². The smallest absolute Gasteiger partial charge is 0.340 e. The molecule has 1 heterocycles. The Morgan fingerprint density at radius 1 is 1.03 bits per heavy atom. The Balaban J connectivity index is 2.13. The van der Waals surface area contributed by atoms with Crippen LogP contribution in [0, 0.1) is 5.82 Å². The Kier molecular flexibility index (Phi) is 6.03. The highest BCUT2D eigenvalue weighted by atomic mass is 35.5. The normalized spacial score (nSPS) is 15.0. The third-order valence-electron chi connectivity index (χ3n) is 4.62. The molecule has 6 nitrogen and oxygen atoms in total. The highest BCUT2D eigenvalue weighted by Gasteiger charge is 2.38. The summed E-state index contributed by atoms with van der Waals surface area (Å²) < 4.78 is 23.8. The van der Waals surface area contributed by atoms with Crippen LogP contribution in [-0.4, -0.2) is 32.1 Å². The van der Waals surface area contributed by atoms with Crippen LogP contribution in [0.25, 0.3) is 6.08 Å². The number of methoxy groups -OCH3 is 2. The second-order valence-electron chi connectivity index (χ2n) is 6.32. The van der Waals surface area contributed by atoms with Gasteiger partial charge in [-0.2, -0.15) is 0 Å². The van der Waals surface area contributed by atoms with Crippen molar-refractivity contribution in [2.24, 2.45) is 0 Å². The molecule has 1 amide bonds. The lowest BCUT2D eigenvalue weighted by Gasteiger charge is -2.18. The van der Waals surface area contributed by atoms with Crippen LogP contribution in [0.4, 0.5) is 10.1 Å². The minimum atomic E-state index is -0.742. The Morgan fingerprint density at radius 2 is 1.67 bits per heavy atom. The Labute approximate surface area is 177 Å². The molecule has 0 spiro atoms. The number of ether oxygens (including phenoxy) is 2. The van der Waals surface area contributed by atoms with Gasteiger partial charge in [-0.15, -0.1) is 0 Å². The molecule has 154 valence electrons. The number of esters is 2. The van der Waals surface area contributed by atoms with Crippen LogP contribution in [0.15, 0.2) is 59.3 Å². The number of halogens is 2. The molecule has 3 rings (SSSR count). The summed E-state index contributed by atoms with van der Waals surface area (Å²) in [5.41, 5.74) is 0.949. The summed E-state index contributed by atoms with van der Waals surface area (Å²) in [4.78, 5) is 38.5. The first kappa shape index (κ1) is 21.3. The summed E-state index contributed by atoms with van der Waals surface area (Å²) in [6, 6.07) is 10.2. The molecule has 0 atom stereocenters. The number of nitrogens with zero attached hydrogens (tertiary/aromatic N) is 1. The minimum absolute atomic E-state index is 0.00105. The molecular weight excluding hydrogens is 413 g/mol. The average Bonchev–Trinajstić information content (AvgIpc) is 2.99. The first-order chi connectivity index (χ1) is 14.3. The number of allylic oxidation sites excluding steroid dienone is 1. The van der Waals surface area contributed by atoms with Gasteiger partial charge in [0.1, 0.15) is 5.82 Å². The van der Waals surface area contributed by atoms with E-state index in [1.807, 2.05) is 0 Å². The fourth-order valence-corrected chi connectivity index (χ4v) is 3.37. The highest BCUT2D eigenvalue weighted by molar-refractivity contribution is 6.32. The Bertz CT molecular complexity index is 1080. The van der Waals surface area contributed by atoms with E-state index >= 15 is 0 Å². The minimum Gasteiger partial charge on any atom is -0.465 e. The molecule has 30 heavy (non-hydrogen) atoms. The van der Waals surface area contributed by atoms with E-state index in [-0.39, 0.29) is 21.7 Å². The predicted molar refractivity (Wildman–Crippen MR) is 109 cm³/mol.